The number of hydrogen-bond acceptors (Lipinski definition) is 3. The highest BCUT2D eigenvalue weighted by Gasteiger charge is 2.30. The topological polar surface area (TPSA) is 54.5 Å². The molecule has 2 heterocycles. The molecule has 0 aliphatic carbocycles. The minimum Gasteiger partial charge on any atom is -0.275 e. The van der Waals surface area contributed by atoms with E-state index in [2.05, 4.69) is 10.1 Å². The van der Waals surface area contributed by atoms with Gasteiger partial charge in [0, 0.05) is 25.0 Å². The van der Waals surface area contributed by atoms with Gasteiger partial charge >= 0.3 is 6.18 Å². The highest BCUT2D eigenvalue weighted by Crippen LogP contribution is 2.29. The molecular weight excluding hydrogens is 305 g/mol. The van der Waals surface area contributed by atoms with Gasteiger partial charge in [-0.1, -0.05) is 13.8 Å². The molecule has 120 valence electrons. The lowest BCUT2D eigenvalue weighted by atomic mass is 10.0. The Hall–Kier alpha value is -2.62. The number of nitrogens with zero attached hydrogens (tertiary/aromatic N) is 4. The van der Waals surface area contributed by atoms with Crippen molar-refractivity contribution in [3.63, 3.8) is 0 Å². The first-order chi connectivity index (χ1) is 10.7. The molecule has 0 saturated heterocycles. The van der Waals surface area contributed by atoms with Crippen LogP contribution < -0.4 is 0 Å². The number of alkyl halides is 3. The van der Waals surface area contributed by atoms with Gasteiger partial charge in [0.1, 0.15) is 6.07 Å². The van der Waals surface area contributed by atoms with Crippen molar-refractivity contribution in [1.29, 1.82) is 5.26 Å². The van der Waals surface area contributed by atoms with Crippen LogP contribution in [0, 0.1) is 11.3 Å². The third-order valence-electron chi connectivity index (χ3n) is 3.22. The first kappa shape index (κ1) is 16.7. The third kappa shape index (κ3) is 3.77. The summed E-state index contributed by atoms with van der Waals surface area (Å²) in [6, 6.07) is 4.10. The van der Waals surface area contributed by atoms with E-state index in [0.717, 1.165) is 23.5 Å². The van der Waals surface area contributed by atoms with Crippen LogP contribution in [0.4, 0.5) is 13.2 Å². The van der Waals surface area contributed by atoms with Gasteiger partial charge in [-0.15, -0.1) is 0 Å². The molecule has 0 aliphatic heterocycles. The molecule has 0 atom stereocenters. The van der Waals surface area contributed by atoms with E-state index in [9.17, 15) is 18.4 Å². The maximum absolute atomic E-state index is 12.6. The van der Waals surface area contributed by atoms with E-state index >= 15 is 0 Å². The van der Waals surface area contributed by atoms with Crippen molar-refractivity contribution in [2.45, 2.75) is 25.9 Å². The highest BCUT2D eigenvalue weighted by atomic mass is 19.4. The Morgan fingerprint density at radius 1 is 1.35 bits per heavy atom. The third-order valence-corrected chi connectivity index (χ3v) is 3.22. The Labute approximate surface area is 131 Å². The van der Waals surface area contributed by atoms with Crippen molar-refractivity contribution in [1.82, 2.24) is 14.8 Å². The second-order valence-corrected chi connectivity index (χ2v) is 5.40. The molecule has 7 heteroatoms. The molecule has 0 saturated carbocycles. The van der Waals surface area contributed by atoms with Crippen LogP contribution in [0.5, 0.6) is 0 Å². The van der Waals surface area contributed by atoms with Crippen molar-refractivity contribution in [2.75, 3.05) is 0 Å². The first-order valence-electron chi connectivity index (χ1n) is 6.91. The molecule has 2 aromatic heterocycles. The second-order valence-electron chi connectivity index (χ2n) is 5.40. The number of allylic oxidation sites excluding steroid dienone is 1. The minimum atomic E-state index is -4.45. The number of rotatable bonds is 3. The zero-order valence-electron chi connectivity index (χ0n) is 12.9. The molecule has 23 heavy (non-hydrogen) atoms. The maximum Gasteiger partial charge on any atom is 0.417 e. The summed E-state index contributed by atoms with van der Waals surface area (Å²) in [5, 5.41) is 13.6. The zero-order valence-corrected chi connectivity index (χ0v) is 12.9. The Kier molecular flexibility index (Phi) is 4.55. The van der Waals surface area contributed by atoms with Gasteiger partial charge in [0.15, 0.2) is 0 Å². The summed E-state index contributed by atoms with van der Waals surface area (Å²) in [4.78, 5) is 3.76. The van der Waals surface area contributed by atoms with Crippen LogP contribution in [-0.4, -0.2) is 14.8 Å². The molecule has 0 spiro atoms. The van der Waals surface area contributed by atoms with Crippen molar-refractivity contribution in [3.05, 3.63) is 47.0 Å². The number of pyridine rings is 1. The number of aromatic nitrogens is 3. The summed E-state index contributed by atoms with van der Waals surface area (Å²) in [7, 11) is 1.77. The quantitative estimate of drug-likeness (QED) is 0.803. The van der Waals surface area contributed by atoms with E-state index in [4.69, 9.17) is 0 Å². The van der Waals surface area contributed by atoms with Crippen LogP contribution in [0.15, 0.2) is 24.5 Å². The SMILES string of the molecule is CC(C)c1nn(C)cc1C=C(C#N)c1ccc(C(F)(F)F)cn1. The molecule has 0 bridgehead atoms. The van der Waals surface area contributed by atoms with Crippen LogP contribution in [-0.2, 0) is 13.2 Å². The van der Waals surface area contributed by atoms with Crippen LogP contribution in [0.1, 0.15) is 42.3 Å². The fraction of sp³-hybridized carbons (Fsp3) is 0.312. The average molecular weight is 320 g/mol. The summed E-state index contributed by atoms with van der Waals surface area (Å²) in [5.74, 6) is 0.156. The molecule has 0 amide bonds. The molecule has 0 N–H and O–H groups in total. The monoisotopic (exact) mass is 320 g/mol. The van der Waals surface area contributed by atoms with Crippen LogP contribution in [0.2, 0.25) is 0 Å². The van der Waals surface area contributed by atoms with E-state index in [1.165, 1.54) is 6.07 Å². The molecule has 0 aliphatic rings. The van der Waals surface area contributed by atoms with E-state index in [0.29, 0.717) is 0 Å². The van der Waals surface area contributed by atoms with E-state index in [-0.39, 0.29) is 17.2 Å². The molecule has 0 fully saturated rings. The Balaban J connectivity index is 2.43. The Bertz CT molecular complexity index is 762. The van der Waals surface area contributed by atoms with Crippen molar-refractivity contribution in [2.24, 2.45) is 7.05 Å². The molecule has 2 aromatic rings. The largest absolute Gasteiger partial charge is 0.417 e. The molecule has 0 unspecified atom stereocenters. The summed E-state index contributed by atoms with van der Waals surface area (Å²) >= 11 is 0. The van der Waals surface area contributed by atoms with Gasteiger partial charge in [0.2, 0.25) is 0 Å². The smallest absolute Gasteiger partial charge is 0.275 e. The number of hydrogen-bond donors (Lipinski definition) is 0. The van der Waals surface area contributed by atoms with Gasteiger partial charge in [0.05, 0.1) is 22.5 Å². The molecule has 0 aromatic carbocycles. The number of aryl methyl sites for hydroxylation is 1. The lowest BCUT2D eigenvalue weighted by Crippen LogP contribution is -2.05. The van der Waals surface area contributed by atoms with Crippen LogP contribution in [0.3, 0.4) is 0 Å². The summed E-state index contributed by atoms with van der Waals surface area (Å²) in [5.41, 5.74) is 1.10. The van der Waals surface area contributed by atoms with Crippen LogP contribution in [0.25, 0.3) is 11.6 Å². The second kappa shape index (κ2) is 6.24. The Morgan fingerprint density at radius 2 is 2.04 bits per heavy atom. The average Bonchev–Trinajstić information content (AvgIpc) is 2.85. The zero-order chi connectivity index (χ0) is 17.2. The molecule has 2 rings (SSSR count). The maximum atomic E-state index is 12.6. The van der Waals surface area contributed by atoms with Gasteiger partial charge in [-0.3, -0.25) is 9.67 Å². The summed E-state index contributed by atoms with van der Waals surface area (Å²) in [6.45, 7) is 3.95. The fourth-order valence-corrected chi connectivity index (χ4v) is 2.12. The van der Waals surface area contributed by atoms with E-state index in [1.807, 2.05) is 19.9 Å². The van der Waals surface area contributed by atoms with Gasteiger partial charge in [-0.05, 0) is 24.1 Å². The molecular formula is C16H15F3N4. The van der Waals surface area contributed by atoms with Crippen molar-refractivity contribution >= 4 is 11.6 Å². The highest BCUT2D eigenvalue weighted by molar-refractivity contribution is 5.88. The lowest BCUT2D eigenvalue weighted by Gasteiger charge is -2.06. The van der Waals surface area contributed by atoms with E-state index < -0.39 is 11.7 Å². The molecule has 0 radical (unpaired) electrons. The van der Waals surface area contributed by atoms with Crippen molar-refractivity contribution in [3.8, 4) is 6.07 Å². The van der Waals surface area contributed by atoms with Gasteiger partial charge in [-0.25, -0.2) is 0 Å². The van der Waals surface area contributed by atoms with Gasteiger partial charge < -0.3 is 0 Å². The minimum absolute atomic E-state index is 0.156. The fourth-order valence-electron chi connectivity index (χ4n) is 2.12. The van der Waals surface area contributed by atoms with Gasteiger partial charge in [-0.2, -0.15) is 23.5 Å². The Morgan fingerprint density at radius 3 is 2.52 bits per heavy atom. The number of nitriles is 1. The summed E-state index contributed by atoms with van der Waals surface area (Å²) < 4.78 is 39.3. The summed E-state index contributed by atoms with van der Waals surface area (Å²) in [6.07, 6.45) is -0.363. The molecule has 4 nitrogen and oxygen atoms in total. The standard InChI is InChI=1S/C16H15F3N4/c1-10(2)15-12(9-23(3)22-15)6-11(7-20)14-5-4-13(8-21-14)16(17,18)19/h4-6,8-10H,1-3H3. The van der Waals surface area contributed by atoms with E-state index in [1.54, 1.807) is 24.0 Å². The van der Waals surface area contributed by atoms with Crippen molar-refractivity contribution < 1.29 is 13.2 Å². The predicted octanol–water partition coefficient (Wildman–Crippen LogP) is 4.02. The number of halogens is 3. The lowest BCUT2D eigenvalue weighted by molar-refractivity contribution is -0.137. The van der Waals surface area contributed by atoms with Gasteiger partial charge in [0.25, 0.3) is 0 Å². The predicted molar refractivity (Wildman–Crippen MR) is 80.0 cm³/mol. The normalized spacial score (nSPS) is 12.5. The van der Waals surface area contributed by atoms with Crippen LogP contribution >= 0.6 is 0 Å². The first-order valence-corrected chi connectivity index (χ1v) is 6.91.